The molecule has 13 nitrogen and oxygen atoms in total. The van der Waals surface area contributed by atoms with Gasteiger partial charge in [0, 0.05) is 38.3 Å². The monoisotopic (exact) mass is 516 g/mol. The van der Waals surface area contributed by atoms with Crippen LogP contribution in [-0.4, -0.2) is 88.6 Å². The van der Waals surface area contributed by atoms with Gasteiger partial charge in [0.25, 0.3) is 0 Å². The smallest absolute Gasteiger partial charge is 0.407 e. The van der Waals surface area contributed by atoms with Crippen molar-refractivity contribution in [2.24, 2.45) is 0 Å². The molecule has 0 radical (unpaired) electrons. The first-order valence-corrected chi connectivity index (χ1v) is 13.1. The van der Waals surface area contributed by atoms with Crippen molar-refractivity contribution in [1.29, 1.82) is 0 Å². The summed E-state index contributed by atoms with van der Waals surface area (Å²) < 4.78 is 12.5. The minimum atomic E-state index is -0.506. The second-order valence-corrected chi connectivity index (χ2v) is 10.3. The SMILES string of the molecule is CC(C)(C)OC(=O)NCCCn1cc(CNc2nc(NC3CCNCC3)cc(N3CCOCC3)n2)nn1. The zero-order valence-corrected chi connectivity index (χ0v) is 22.1. The van der Waals surface area contributed by atoms with Crippen LogP contribution in [0.1, 0.15) is 45.7 Å². The molecule has 0 spiro atoms. The third-order valence-corrected chi connectivity index (χ3v) is 5.98. The van der Waals surface area contributed by atoms with Crippen LogP contribution in [0, 0.1) is 0 Å². The summed E-state index contributed by atoms with van der Waals surface area (Å²) in [5.74, 6) is 2.27. The topological polar surface area (TPSA) is 143 Å². The number of morpholine rings is 1. The molecule has 204 valence electrons. The highest BCUT2D eigenvalue weighted by atomic mass is 16.6. The Morgan fingerprint density at radius 1 is 1.22 bits per heavy atom. The molecule has 0 aliphatic carbocycles. The lowest BCUT2D eigenvalue weighted by molar-refractivity contribution is 0.0526. The second kappa shape index (κ2) is 12.9. The van der Waals surface area contributed by atoms with Crippen molar-refractivity contribution < 1.29 is 14.3 Å². The number of anilines is 3. The molecule has 2 fully saturated rings. The Kier molecular flexibility index (Phi) is 9.34. The third kappa shape index (κ3) is 9.01. The third-order valence-electron chi connectivity index (χ3n) is 5.98. The number of amides is 1. The number of carbonyl (C=O) groups is 1. The number of rotatable bonds is 10. The van der Waals surface area contributed by atoms with Gasteiger partial charge < -0.3 is 35.6 Å². The molecule has 2 aromatic heterocycles. The highest BCUT2D eigenvalue weighted by molar-refractivity contribution is 5.67. The molecule has 37 heavy (non-hydrogen) atoms. The normalized spacial score (nSPS) is 16.9. The van der Waals surface area contributed by atoms with Crippen LogP contribution < -0.4 is 26.2 Å². The average Bonchev–Trinajstić information content (AvgIpc) is 3.33. The fourth-order valence-electron chi connectivity index (χ4n) is 4.16. The first-order chi connectivity index (χ1) is 17.8. The first kappa shape index (κ1) is 26.9. The second-order valence-electron chi connectivity index (χ2n) is 10.3. The van der Waals surface area contributed by atoms with Gasteiger partial charge in [-0.15, -0.1) is 5.10 Å². The Balaban J connectivity index is 1.30. The zero-order chi connectivity index (χ0) is 26.1. The molecule has 0 unspecified atom stereocenters. The lowest BCUT2D eigenvalue weighted by Gasteiger charge is -2.29. The first-order valence-electron chi connectivity index (χ1n) is 13.1. The quantitative estimate of drug-likeness (QED) is 0.342. The molecule has 0 bridgehead atoms. The van der Waals surface area contributed by atoms with Crippen molar-refractivity contribution >= 4 is 23.7 Å². The van der Waals surface area contributed by atoms with Crippen molar-refractivity contribution in [3.63, 3.8) is 0 Å². The van der Waals surface area contributed by atoms with Crippen LogP contribution in [0.15, 0.2) is 12.3 Å². The molecule has 2 aliphatic rings. The molecule has 0 atom stereocenters. The molecule has 4 heterocycles. The van der Waals surface area contributed by atoms with E-state index in [1.807, 2.05) is 33.0 Å². The molecule has 2 aliphatic heterocycles. The lowest BCUT2D eigenvalue weighted by Crippen LogP contribution is -2.37. The van der Waals surface area contributed by atoms with Gasteiger partial charge in [0.1, 0.15) is 22.9 Å². The number of aromatic nitrogens is 5. The van der Waals surface area contributed by atoms with E-state index in [-0.39, 0.29) is 0 Å². The van der Waals surface area contributed by atoms with Crippen molar-refractivity contribution in [2.45, 2.75) is 64.8 Å². The van der Waals surface area contributed by atoms with Gasteiger partial charge in [-0.3, -0.25) is 4.68 Å². The molecule has 4 rings (SSSR count). The van der Waals surface area contributed by atoms with E-state index in [1.165, 1.54) is 0 Å². The summed E-state index contributed by atoms with van der Waals surface area (Å²) in [6.07, 6.45) is 4.32. The minimum absolute atomic E-state index is 0.395. The number of nitrogens with zero attached hydrogens (tertiary/aromatic N) is 6. The van der Waals surface area contributed by atoms with Gasteiger partial charge in [-0.1, -0.05) is 5.21 Å². The molecule has 2 saturated heterocycles. The van der Waals surface area contributed by atoms with Crippen molar-refractivity contribution in [3.8, 4) is 0 Å². The Bertz CT molecular complexity index is 997. The summed E-state index contributed by atoms with van der Waals surface area (Å²) in [5.41, 5.74) is 0.279. The maximum Gasteiger partial charge on any atom is 0.407 e. The number of hydrogen-bond donors (Lipinski definition) is 4. The predicted molar refractivity (Wildman–Crippen MR) is 141 cm³/mol. The predicted octanol–water partition coefficient (Wildman–Crippen LogP) is 1.60. The number of piperidine rings is 1. The highest BCUT2D eigenvalue weighted by Gasteiger charge is 2.18. The molecule has 2 aromatic rings. The minimum Gasteiger partial charge on any atom is -0.444 e. The molecule has 0 saturated carbocycles. The van der Waals surface area contributed by atoms with Crippen molar-refractivity contribution in [2.75, 3.05) is 61.5 Å². The Hall–Kier alpha value is -3.19. The number of carbonyl (C=O) groups excluding carboxylic acids is 1. The van der Waals surface area contributed by atoms with E-state index in [0.29, 0.717) is 51.3 Å². The average molecular weight is 517 g/mol. The Labute approximate surface area is 218 Å². The summed E-state index contributed by atoms with van der Waals surface area (Å²) in [6.45, 7) is 12.1. The highest BCUT2D eigenvalue weighted by Crippen LogP contribution is 2.21. The fraction of sp³-hybridized carbons (Fsp3) is 0.708. The van der Waals surface area contributed by atoms with E-state index >= 15 is 0 Å². The van der Waals surface area contributed by atoms with Crippen LogP contribution in [0.3, 0.4) is 0 Å². The standard InChI is InChI=1S/C24H40N10O3/c1-24(2,3)37-23(35)26-7-4-10-34-17-19(31-32-34)16-27-22-29-20(28-18-5-8-25-9-6-18)15-21(30-22)33-11-13-36-14-12-33/h15,17-18,25H,4-14,16H2,1-3H3,(H,26,35)(H2,27,28,29,30). The number of aryl methyl sites for hydroxylation is 1. The van der Waals surface area contributed by atoms with Crippen molar-refractivity contribution in [1.82, 2.24) is 35.6 Å². The van der Waals surface area contributed by atoms with Crippen LogP contribution >= 0.6 is 0 Å². The van der Waals surface area contributed by atoms with E-state index in [4.69, 9.17) is 19.4 Å². The maximum atomic E-state index is 11.7. The summed E-state index contributed by atoms with van der Waals surface area (Å²) in [6, 6.07) is 2.42. The number of alkyl carbamates (subject to hydrolysis) is 1. The molecule has 0 aromatic carbocycles. The van der Waals surface area contributed by atoms with E-state index in [2.05, 4.69) is 36.5 Å². The van der Waals surface area contributed by atoms with Gasteiger partial charge >= 0.3 is 6.09 Å². The van der Waals surface area contributed by atoms with Gasteiger partial charge in [0.15, 0.2) is 0 Å². The summed E-state index contributed by atoms with van der Waals surface area (Å²) >= 11 is 0. The molecule has 4 N–H and O–H groups in total. The molecule has 1 amide bonds. The molecular formula is C24H40N10O3. The number of ether oxygens (including phenoxy) is 2. The van der Waals surface area contributed by atoms with E-state index in [9.17, 15) is 4.79 Å². The van der Waals surface area contributed by atoms with E-state index in [1.54, 1.807) is 4.68 Å². The van der Waals surface area contributed by atoms with E-state index < -0.39 is 11.7 Å². The number of hydrogen-bond acceptors (Lipinski definition) is 11. The van der Waals surface area contributed by atoms with Crippen LogP contribution in [-0.2, 0) is 22.6 Å². The van der Waals surface area contributed by atoms with Gasteiger partial charge in [-0.05, 0) is 53.1 Å². The van der Waals surface area contributed by atoms with Crippen LogP contribution in [0.4, 0.5) is 22.4 Å². The zero-order valence-electron chi connectivity index (χ0n) is 22.1. The Morgan fingerprint density at radius 2 is 2.00 bits per heavy atom. The van der Waals surface area contributed by atoms with E-state index in [0.717, 1.165) is 56.4 Å². The van der Waals surface area contributed by atoms with Crippen LogP contribution in [0.25, 0.3) is 0 Å². The fourth-order valence-corrected chi connectivity index (χ4v) is 4.16. The van der Waals surface area contributed by atoms with Crippen LogP contribution in [0.2, 0.25) is 0 Å². The van der Waals surface area contributed by atoms with Gasteiger partial charge in [0.2, 0.25) is 5.95 Å². The summed E-state index contributed by atoms with van der Waals surface area (Å²) in [4.78, 5) is 23.5. The lowest BCUT2D eigenvalue weighted by atomic mass is 10.1. The van der Waals surface area contributed by atoms with Gasteiger partial charge in [-0.25, -0.2) is 4.79 Å². The summed E-state index contributed by atoms with van der Waals surface area (Å²) in [7, 11) is 0. The Morgan fingerprint density at radius 3 is 2.76 bits per heavy atom. The largest absolute Gasteiger partial charge is 0.444 e. The van der Waals surface area contributed by atoms with Gasteiger partial charge in [0.05, 0.1) is 26.0 Å². The van der Waals surface area contributed by atoms with Gasteiger partial charge in [-0.2, -0.15) is 9.97 Å². The molecule has 13 heteroatoms. The van der Waals surface area contributed by atoms with Crippen molar-refractivity contribution in [3.05, 3.63) is 18.0 Å². The molecular weight excluding hydrogens is 476 g/mol. The van der Waals surface area contributed by atoms with Crippen LogP contribution in [0.5, 0.6) is 0 Å². The maximum absolute atomic E-state index is 11.7. The number of nitrogens with one attached hydrogen (secondary N) is 4. The summed E-state index contributed by atoms with van der Waals surface area (Å²) in [5, 5.41) is 21.5.